The first-order chi connectivity index (χ1) is 11.7. The highest BCUT2D eigenvalue weighted by atomic mass is 16.6. The van der Waals surface area contributed by atoms with Crippen LogP contribution < -0.4 is 11.0 Å². The molecule has 0 aliphatic carbocycles. The number of likely N-dealkylation sites (tertiary alicyclic amines) is 1. The number of fused-ring (bicyclic) bond motifs is 1. The second-order valence-electron chi connectivity index (χ2n) is 7.16. The van der Waals surface area contributed by atoms with Gasteiger partial charge < -0.3 is 20.0 Å². The van der Waals surface area contributed by atoms with Crippen LogP contribution in [0.25, 0.3) is 11.0 Å². The zero-order valence-electron chi connectivity index (χ0n) is 14.5. The molecule has 1 aliphatic heterocycles. The molecule has 2 heterocycles. The molecule has 8 nitrogen and oxygen atoms in total. The summed E-state index contributed by atoms with van der Waals surface area (Å²) in [6.45, 7) is 5.88. The van der Waals surface area contributed by atoms with Gasteiger partial charge in [-0.25, -0.2) is 9.59 Å². The average Bonchev–Trinajstić information content (AvgIpc) is 3.10. The monoisotopic (exact) mass is 346 g/mol. The molecule has 1 aromatic carbocycles. The molecule has 1 fully saturated rings. The van der Waals surface area contributed by atoms with Gasteiger partial charge >= 0.3 is 11.8 Å². The van der Waals surface area contributed by atoms with Crippen LogP contribution >= 0.6 is 0 Å². The number of ether oxygens (including phenoxy) is 1. The van der Waals surface area contributed by atoms with Gasteiger partial charge in [0.25, 0.3) is 0 Å². The van der Waals surface area contributed by atoms with E-state index in [9.17, 15) is 14.4 Å². The van der Waals surface area contributed by atoms with Gasteiger partial charge in [0.15, 0.2) is 0 Å². The fraction of sp³-hybridized carbons (Fsp3) is 0.471. The van der Waals surface area contributed by atoms with Gasteiger partial charge in [-0.3, -0.25) is 9.69 Å². The molecule has 1 aromatic heterocycles. The molecule has 2 aromatic rings. The fourth-order valence-corrected chi connectivity index (χ4v) is 2.91. The smallest absolute Gasteiger partial charge is 0.410 e. The van der Waals surface area contributed by atoms with E-state index in [1.165, 1.54) is 4.90 Å². The molecule has 1 atom stereocenters. The SMILES string of the molecule is CC(C)(C)OC(=O)N1CCC[C@H]1C(=O)Nc1ccc2[nH]c(=O)[nH]c2c1. The van der Waals surface area contributed by atoms with Crippen LogP contribution in [0.2, 0.25) is 0 Å². The van der Waals surface area contributed by atoms with Gasteiger partial charge in [-0.1, -0.05) is 0 Å². The van der Waals surface area contributed by atoms with Crippen LogP contribution in [0.1, 0.15) is 33.6 Å². The predicted octanol–water partition coefficient (Wildman–Crippen LogP) is 2.19. The second-order valence-corrected chi connectivity index (χ2v) is 7.16. The number of hydrogen-bond donors (Lipinski definition) is 3. The lowest BCUT2D eigenvalue weighted by molar-refractivity contribution is -0.120. The van der Waals surface area contributed by atoms with E-state index in [-0.39, 0.29) is 11.6 Å². The van der Waals surface area contributed by atoms with Crippen LogP contribution in [0.3, 0.4) is 0 Å². The quantitative estimate of drug-likeness (QED) is 0.775. The Bertz CT molecular complexity index is 861. The highest BCUT2D eigenvalue weighted by Crippen LogP contribution is 2.23. The number of H-pyrrole nitrogens is 2. The molecule has 1 saturated heterocycles. The summed E-state index contributed by atoms with van der Waals surface area (Å²) < 4.78 is 5.38. The van der Waals surface area contributed by atoms with E-state index >= 15 is 0 Å². The van der Waals surface area contributed by atoms with Crippen molar-refractivity contribution in [2.45, 2.75) is 45.3 Å². The van der Waals surface area contributed by atoms with E-state index < -0.39 is 17.7 Å². The Morgan fingerprint density at radius 1 is 1.24 bits per heavy atom. The van der Waals surface area contributed by atoms with E-state index in [1.54, 1.807) is 39.0 Å². The van der Waals surface area contributed by atoms with Crippen molar-refractivity contribution >= 4 is 28.7 Å². The summed E-state index contributed by atoms with van der Waals surface area (Å²) >= 11 is 0. The number of imidazole rings is 1. The van der Waals surface area contributed by atoms with Crippen molar-refractivity contribution < 1.29 is 14.3 Å². The molecule has 134 valence electrons. The molecule has 0 radical (unpaired) electrons. The summed E-state index contributed by atoms with van der Waals surface area (Å²) in [5.74, 6) is -0.263. The molecule has 2 amide bonds. The van der Waals surface area contributed by atoms with Crippen molar-refractivity contribution in [1.82, 2.24) is 14.9 Å². The minimum Gasteiger partial charge on any atom is -0.444 e. The molecular weight excluding hydrogens is 324 g/mol. The number of rotatable bonds is 2. The Balaban J connectivity index is 1.72. The molecule has 8 heteroatoms. The van der Waals surface area contributed by atoms with Crippen molar-refractivity contribution in [1.29, 1.82) is 0 Å². The third-order valence-corrected chi connectivity index (χ3v) is 3.97. The number of anilines is 1. The third kappa shape index (κ3) is 3.84. The molecular formula is C17H22N4O4. The van der Waals surface area contributed by atoms with Gasteiger partial charge in [0.2, 0.25) is 5.91 Å². The number of aromatic amines is 2. The van der Waals surface area contributed by atoms with Crippen LogP contribution in [-0.2, 0) is 9.53 Å². The number of carbonyl (C=O) groups is 2. The summed E-state index contributed by atoms with van der Waals surface area (Å²) in [4.78, 5) is 43.0. The maximum atomic E-state index is 12.6. The first kappa shape index (κ1) is 17.1. The first-order valence-corrected chi connectivity index (χ1v) is 8.25. The number of hydrogen-bond acceptors (Lipinski definition) is 4. The normalized spacial score (nSPS) is 17.7. The van der Waals surface area contributed by atoms with Gasteiger partial charge in [0.1, 0.15) is 11.6 Å². The molecule has 3 N–H and O–H groups in total. The van der Waals surface area contributed by atoms with Crippen LogP contribution in [0.4, 0.5) is 10.5 Å². The van der Waals surface area contributed by atoms with E-state index in [1.807, 2.05) is 0 Å². The summed E-state index contributed by atoms with van der Waals surface area (Å²) in [7, 11) is 0. The zero-order valence-corrected chi connectivity index (χ0v) is 14.5. The third-order valence-electron chi connectivity index (χ3n) is 3.97. The van der Waals surface area contributed by atoms with Gasteiger partial charge in [-0.05, 0) is 51.8 Å². The Kier molecular flexibility index (Phi) is 4.28. The number of aromatic nitrogens is 2. The molecule has 25 heavy (non-hydrogen) atoms. The van der Waals surface area contributed by atoms with Crippen LogP contribution in [0.5, 0.6) is 0 Å². The lowest BCUT2D eigenvalue weighted by atomic mass is 10.2. The summed E-state index contributed by atoms with van der Waals surface area (Å²) in [5, 5.41) is 2.81. The van der Waals surface area contributed by atoms with Crippen LogP contribution in [0, 0.1) is 0 Å². The Labute approximate surface area is 144 Å². The number of carbonyl (C=O) groups excluding carboxylic acids is 2. The van der Waals surface area contributed by atoms with Crippen molar-refractivity contribution in [3.63, 3.8) is 0 Å². The molecule has 0 unspecified atom stereocenters. The lowest BCUT2D eigenvalue weighted by Gasteiger charge is -2.28. The molecule has 3 rings (SSSR count). The minimum absolute atomic E-state index is 0.263. The summed E-state index contributed by atoms with van der Waals surface area (Å²) in [6.07, 6.45) is 0.867. The van der Waals surface area contributed by atoms with Crippen molar-refractivity contribution in [3.8, 4) is 0 Å². The predicted molar refractivity (Wildman–Crippen MR) is 93.5 cm³/mol. The Hall–Kier alpha value is -2.77. The summed E-state index contributed by atoms with van der Waals surface area (Å²) in [6, 6.07) is 4.54. The van der Waals surface area contributed by atoms with Crippen LogP contribution in [0.15, 0.2) is 23.0 Å². The first-order valence-electron chi connectivity index (χ1n) is 8.25. The number of amides is 2. The van der Waals surface area contributed by atoms with Gasteiger partial charge in [0, 0.05) is 12.2 Å². The molecule has 0 spiro atoms. The van der Waals surface area contributed by atoms with Gasteiger partial charge in [-0.15, -0.1) is 0 Å². The van der Waals surface area contributed by atoms with Crippen molar-refractivity contribution in [2.24, 2.45) is 0 Å². The second kappa shape index (κ2) is 6.27. The highest BCUT2D eigenvalue weighted by molar-refractivity contribution is 5.98. The average molecular weight is 346 g/mol. The van der Waals surface area contributed by atoms with Crippen molar-refractivity contribution in [2.75, 3.05) is 11.9 Å². The number of benzene rings is 1. The maximum Gasteiger partial charge on any atom is 0.410 e. The standard InChI is InChI=1S/C17H22N4O4/c1-17(2,3)25-16(24)21-8-4-5-13(21)14(22)18-10-6-7-11-12(9-10)20-15(23)19-11/h6-7,9,13H,4-5,8H2,1-3H3,(H,18,22)(H2,19,20,23)/t13-/m0/s1. The molecule has 0 saturated carbocycles. The number of nitrogens with one attached hydrogen (secondary N) is 3. The topological polar surface area (TPSA) is 107 Å². The minimum atomic E-state index is -0.605. The largest absolute Gasteiger partial charge is 0.444 e. The lowest BCUT2D eigenvalue weighted by Crippen LogP contribution is -2.45. The van der Waals surface area contributed by atoms with Gasteiger partial charge in [-0.2, -0.15) is 0 Å². The van der Waals surface area contributed by atoms with E-state index in [2.05, 4.69) is 15.3 Å². The maximum absolute atomic E-state index is 12.6. The van der Waals surface area contributed by atoms with Crippen LogP contribution in [-0.4, -0.2) is 45.1 Å². The Morgan fingerprint density at radius 2 is 1.96 bits per heavy atom. The van der Waals surface area contributed by atoms with E-state index in [0.717, 1.165) is 6.42 Å². The highest BCUT2D eigenvalue weighted by Gasteiger charge is 2.36. The molecule has 1 aliphatic rings. The van der Waals surface area contributed by atoms with E-state index in [0.29, 0.717) is 29.7 Å². The fourth-order valence-electron chi connectivity index (χ4n) is 2.91. The summed E-state index contributed by atoms with van der Waals surface area (Å²) in [5.41, 5.74) is 0.929. The van der Waals surface area contributed by atoms with Crippen molar-refractivity contribution in [3.05, 3.63) is 28.7 Å². The zero-order chi connectivity index (χ0) is 18.2. The van der Waals surface area contributed by atoms with Gasteiger partial charge in [0.05, 0.1) is 11.0 Å². The molecule has 0 bridgehead atoms. The number of nitrogens with zero attached hydrogens (tertiary/aromatic N) is 1. The Morgan fingerprint density at radius 3 is 2.68 bits per heavy atom. The van der Waals surface area contributed by atoms with E-state index in [4.69, 9.17) is 4.74 Å².